The Hall–Kier alpha value is -1.25. The molecule has 0 rings (SSSR count). The first kappa shape index (κ1) is 50.8. The van der Waals surface area contributed by atoms with E-state index in [1.54, 1.807) is 0 Å². The van der Waals surface area contributed by atoms with Crippen LogP contribution in [0.15, 0.2) is 12.2 Å². The summed E-state index contributed by atoms with van der Waals surface area (Å²) < 4.78 is 32.7. The Balaban J connectivity index is 4.04. The monoisotopic (exact) mass is 760 g/mol. The number of carbonyl (C=O) groups is 2. The summed E-state index contributed by atoms with van der Waals surface area (Å²) in [5.41, 5.74) is 5.34. The zero-order chi connectivity index (χ0) is 38.2. The van der Waals surface area contributed by atoms with Gasteiger partial charge in [0, 0.05) is 19.4 Å². The number of unbranched alkanes of at least 4 members (excludes halogenated alkanes) is 26. The van der Waals surface area contributed by atoms with E-state index in [0.29, 0.717) is 6.42 Å². The minimum Gasteiger partial charge on any atom is -0.462 e. The summed E-state index contributed by atoms with van der Waals surface area (Å²) in [5.74, 6) is -0.830. The van der Waals surface area contributed by atoms with E-state index in [4.69, 9.17) is 24.3 Å². The molecule has 0 spiro atoms. The Labute approximate surface area is 319 Å². The molecule has 308 valence electrons. The van der Waals surface area contributed by atoms with Gasteiger partial charge in [0.05, 0.1) is 13.2 Å². The lowest BCUT2D eigenvalue weighted by atomic mass is 10.0. The molecule has 0 saturated heterocycles. The van der Waals surface area contributed by atoms with E-state index in [9.17, 15) is 19.0 Å². The highest BCUT2D eigenvalue weighted by Gasteiger charge is 2.26. The molecular weight excluding hydrogens is 677 g/mol. The SMILES string of the molecule is CCCC/C=C\CCCCCCCC(=O)OC(COC(=O)CCCCCCCCCCCCCCCCCCCCCC)COP(=O)(O)OCCN. The number of carbonyl (C=O) groups excluding carboxylic acids is 2. The maximum Gasteiger partial charge on any atom is 0.472 e. The highest BCUT2D eigenvalue weighted by Crippen LogP contribution is 2.43. The van der Waals surface area contributed by atoms with Gasteiger partial charge in [-0.2, -0.15) is 0 Å². The van der Waals surface area contributed by atoms with Crippen LogP contribution in [0, 0.1) is 0 Å². The van der Waals surface area contributed by atoms with Crippen molar-refractivity contribution in [3.63, 3.8) is 0 Å². The first-order chi connectivity index (χ1) is 25.3. The number of rotatable bonds is 41. The Morgan fingerprint density at radius 2 is 0.962 bits per heavy atom. The fraction of sp³-hybridized carbons (Fsp3) is 0.905. The molecule has 9 nitrogen and oxygen atoms in total. The number of ether oxygens (including phenoxy) is 2. The van der Waals surface area contributed by atoms with E-state index in [2.05, 4.69) is 26.0 Å². The second kappa shape index (κ2) is 39.4. The Morgan fingerprint density at radius 1 is 0.558 bits per heavy atom. The third-order valence-electron chi connectivity index (χ3n) is 9.40. The van der Waals surface area contributed by atoms with Gasteiger partial charge in [0.1, 0.15) is 6.61 Å². The van der Waals surface area contributed by atoms with Crippen LogP contribution in [0.4, 0.5) is 0 Å². The van der Waals surface area contributed by atoms with Gasteiger partial charge in [0.15, 0.2) is 6.10 Å². The lowest BCUT2D eigenvalue weighted by Crippen LogP contribution is -2.29. The number of hydrogen-bond acceptors (Lipinski definition) is 8. The van der Waals surface area contributed by atoms with Crippen molar-refractivity contribution in [2.45, 2.75) is 219 Å². The number of esters is 2. The average Bonchev–Trinajstić information content (AvgIpc) is 3.13. The molecule has 0 heterocycles. The maximum absolute atomic E-state index is 12.5. The molecule has 52 heavy (non-hydrogen) atoms. The van der Waals surface area contributed by atoms with Gasteiger partial charge in [-0.15, -0.1) is 0 Å². The van der Waals surface area contributed by atoms with Crippen LogP contribution in [-0.2, 0) is 32.7 Å². The van der Waals surface area contributed by atoms with Crippen molar-refractivity contribution in [3.8, 4) is 0 Å². The number of phosphoric ester groups is 1. The van der Waals surface area contributed by atoms with Gasteiger partial charge < -0.3 is 20.1 Å². The molecule has 10 heteroatoms. The fourth-order valence-electron chi connectivity index (χ4n) is 6.15. The molecule has 0 radical (unpaired) electrons. The molecule has 0 aliphatic heterocycles. The lowest BCUT2D eigenvalue weighted by Gasteiger charge is -2.19. The number of nitrogens with two attached hydrogens (primary N) is 1. The summed E-state index contributed by atoms with van der Waals surface area (Å²) in [7, 11) is -4.37. The topological polar surface area (TPSA) is 134 Å². The second-order valence-electron chi connectivity index (χ2n) is 14.6. The first-order valence-electron chi connectivity index (χ1n) is 21.7. The second-order valence-corrected chi connectivity index (χ2v) is 16.0. The van der Waals surface area contributed by atoms with Crippen LogP contribution in [0.25, 0.3) is 0 Å². The molecular formula is C42H82NO8P. The molecule has 2 atom stereocenters. The summed E-state index contributed by atoms with van der Waals surface area (Å²) in [6, 6.07) is 0. The van der Waals surface area contributed by atoms with Gasteiger partial charge in [0.25, 0.3) is 0 Å². The van der Waals surface area contributed by atoms with Crippen molar-refractivity contribution in [1.82, 2.24) is 0 Å². The highest BCUT2D eigenvalue weighted by atomic mass is 31.2. The van der Waals surface area contributed by atoms with Crippen LogP contribution >= 0.6 is 7.82 Å². The quantitative estimate of drug-likeness (QED) is 0.0270. The molecule has 0 aliphatic carbocycles. The molecule has 0 saturated carbocycles. The molecule has 0 bridgehead atoms. The smallest absolute Gasteiger partial charge is 0.462 e. The Bertz CT molecular complexity index is 871. The van der Waals surface area contributed by atoms with Crippen molar-refractivity contribution in [1.29, 1.82) is 0 Å². The van der Waals surface area contributed by atoms with Crippen LogP contribution in [0.3, 0.4) is 0 Å². The van der Waals surface area contributed by atoms with E-state index in [1.165, 1.54) is 122 Å². The predicted octanol–water partition coefficient (Wildman–Crippen LogP) is 12.2. The molecule has 0 aromatic carbocycles. The molecule has 3 N–H and O–H groups in total. The average molecular weight is 760 g/mol. The number of allylic oxidation sites excluding steroid dienone is 2. The summed E-state index contributed by atoms with van der Waals surface area (Å²) in [4.78, 5) is 34.8. The van der Waals surface area contributed by atoms with Crippen LogP contribution < -0.4 is 5.73 Å². The number of hydrogen-bond donors (Lipinski definition) is 2. The number of phosphoric acid groups is 1. The van der Waals surface area contributed by atoms with Gasteiger partial charge in [-0.25, -0.2) is 4.57 Å². The molecule has 0 aromatic rings. The highest BCUT2D eigenvalue weighted by molar-refractivity contribution is 7.47. The van der Waals surface area contributed by atoms with Crippen molar-refractivity contribution < 1.29 is 37.6 Å². The normalized spacial score (nSPS) is 13.4. The van der Waals surface area contributed by atoms with E-state index in [0.717, 1.165) is 57.8 Å². The maximum atomic E-state index is 12.5. The summed E-state index contributed by atoms with van der Waals surface area (Å²) in [5, 5.41) is 0. The van der Waals surface area contributed by atoms with Crippen LogP contribution in [0.5, 0.6) is 0 Å². The molecule has 0 aliphatic rings. The van der Waals surface area contributed by atoms with Gasteiger partial charge in [-0.3, -0.25) is 18.6 Å². The Kier molecular flexibility index (Phi) is 38.5. The summed E-state index contributed by atoms with van der Waals surface area (Å²) in [6.07, 6.45) is 39.6. The van der Waals surface area contributed by atoms with Crippen LogP contribution in [0.2, 0.25) is 0 Å². The zero-order valence-electron chi connectivity index (χ0n) is 33.8. The zero-order valence-corrected chi connectivity index (χ0v) is 34.7. The summed E-state index contributed by atoms with van der Waals surface area (Å²) in [6.45, 7) is 3.71. The molecule has 0 amide bonds. The minimum absolute atomic E-state index is 0.0547. The Morgan fingerprint density at radius 3 is 1.42 bits per heavy atom. The summed E-state index contributed by atoms with van der Waals surface area (Å²) >= 11 is 0. The fourth-order valence-corrected chi connectivity index (χ4v) is 6.91. The van der Waals surface area contributed by atoms with Crippen molar-refractivity contribution in [2.75, 3.05) is 26.4 Å². The largest absolute Gasteiger partial charge is 0.472 e. The molecule has 0 aromatic heterocycles. The van der Waals surface area contributed by atoms with Crippen molar-refractivity contribution >= 4 is 19.8 Å². The first-order valence-corrected chi connectivity index (χ1v) is 23.2. The third-order valence-corrected chi connectivity index (χ3v) is 10.4. The third kappa shape index (κ3) is 38.5. The van der Waals surface area contributed by atoms with E-state index < -0.39 is 26.5 Å². The lowest BCUT2D eigenvalue weighted by molar-refractivity contribution is -0.161. The predicted molar refractivity (Wildman–Crippen MR) is 215 cm³/mol. The van der Waals surface area contributed by atoms with Gasteiger partial charge in [-0.1, -0.05) is 180 Å². The van der Waals surface area contributed by atoms with Gasteiger partial charge in [-0.05, 0) is 32.1 Å². The van der Waals surface area contributed by atoms with Crippen LogP contribution in [-0.4, -0.2) is 49.3 Å². The van der Waals surface area contributed by atoms with Gasteiger partial charge >= 0.3 is 19.8 Å². The van der Waals surface area contributed by atoms with Crippen molar-refractivity contribution in [2.24, 2.45) is 5.73 Å². The van der Waals surface area contributed by atoms with Crippen molar-refractivity contribution in [3.05, 3.63) is 12.2 Å². The van der Waals surface area contributed by atoms with E-state index in [-0.39, 0.29) is 38.6 Å². The van der Waals surface area contributed by atoms with Gasteiger partial charge in [0.2, 0.25) is 0 Å². The standard InChI is InChI=1S/C42H82NO8P/c1-3-5-7-9-11-13-15-16-17-18-19-20-21-22-23-25-26-28-30-32-34-41(44)48-38-40(39-50-52(46,47)49-37-36-43)51-42(45)35-33-31-29-27-24-14-12-10-8-6-4-2/h10,12,40H,3-9,11,13-39,43H2,1-2H3,(H,46,47)/b12-10-. The van der Waals surface area contributed by atoms with Crippen LogP contribution in [0.1, 0.15) is 213 Å². The van der Waals surface area contributed by atoms with E-state index in [1.807, 2.05) is 0 Å². The molecule has 0 fully saturated rings. The van der Waals surface area contributed by atoms with E-state index >= 15 is 0 Å². The minimum atomic E-state index is -4.37. The molecule has 2 unspecified atom stereocenters.